The van der Waals surface area contributed by atoms with E-state index in [9.17, 15) is 0 Å². The first-order valence-corrected chi connectivity index (χ1v) is 6.65. The number of hydrogen-bond acceptors (Lipinski definition) is 3. The quantitative estimate of drug-likeness (QED) is 0.869. The Hall–Kier alpha value is -2.03. The summed E-state index contributed by atoms with van der Waals surface area (Å²) in [7, 11) is 0. The predicted molar refractivity (Wildman–Crippen MR) is 81.2 cm³/mol. The van der Waals surface area contributed by atoms with Crippen molar-refractivity contribution in [1.82, 2.24) is 4.98 Å². The Labute approximate surface area is 114 Å². The molecular weight excluding hydrogens is 234 g/mol. The van der Waals surface area contributed by atoms with Crippen LogP contribution in [0.4, 0.5) is 11.4 Å². The molecule has 0 spiro atoms. The van der Waals surface area contributed by atoms with Crippen LogP contribution in [-0.4, -0.2) is 4.98 Å². The van der Waals surface area contributed by atoms with Gasteiger partial charge in [-0.1, -0.05) is 44.2 Å². The van der Waals surface area contributed by atoms with Gasteiger partial charge in [-0.25, -0.2) is 0 Å². The number of aromatic nitrogens is 1. The summed E-state index contributed by atoms with van der Waals surface area (Å²) in [5.41, 5.74) is 9.93. The summed E-state index contributed by atoms with van der Waals surface area (Å²) in [5.74, 6) is 0.396. The number of hydrogen-bond donors (Lipinski definition) is 2. The van der Waals surface area contributed by atoms with E-state index in [1.807, 2.05) is 24.3 Å². The van der Waals surface area contributed by atoms with Gasteiger partial charge >= 0.3 is 0 Å². The maximum atomic E-state index is 5.99. The minimum atomic E-state index is 0.214. The maximum Gasteiger partial charge on any atom is 0.0736 e. The molecule has 1 unspecified atom stereocenters. The summed E-state index contributed by atoms with van der Waals surface area (Å²) < 4.78 is 0. The molecular formula is C16H21N3. The molecule has 1 aromatic heterocycles. The first-order valence-electron chi connectivity index (χ1n) is 6.65. The highest BCUT2D eigenvalue weighted by atomic mass is 14.9. The molecule has 3 nitrogen and oxygen atoms in total. The van der Waals surface area contributed by atoms with Crippen molar-refractivity contribution in [1.29, 1.82) is 0 Å². The van der Waals surface area contributed by atoms with Gasteiger partial charge in [0.05, 0.1) is 17.6 Å². The number of anilines is 2. The monoisotopic (exact) mass is 255 g/mol. The molecule has 0 amide bonds. The summed E-state index contributed by atoms with van der Waals surface area (Å²) in [6.07, 6.45) is 1.73. The number of rotatable bonds is 4. The van der Waals surface area contributed by atoms with Gasteiger partial charge in [0.15, 0.2) is 0 Å². The second-order valence-corrected chi connectivity index (χ2v) is 5.13. The highest BCUT2D eigenvalue weighted by Gasteiger charge is 2.09. The van der Waals surface area contributed by atoms with Crippen molar-refractivity contribution in [2.75, 3.05) is 11.1 Å². The molecule has 3 N–H and O–H groups in total. The van der Waals surface area contributed by atoms with Crippen molar-refractivity contribution >= 4 is 11.4 Å². The summed E-state index contributed by atoms with van der Waals surface area (Å²) in [6.45, 7) is 6.39. The Balaban J connectivity index is 2.21. The second-order valence-electron chi connectivity index (χ2n) is 5.13. The average molecular weight is 255 g/mol. The van der Waals surface area contributed by atoms with Crippen molar-refractivity contribution in [3.8, 4) is 0 Å². The molecule has 1 heterocycles. The average Bonchev–Trinajstić information content (AvgIpc) is 2.42. The Morgan fingerprint density at radius 1 is 1.11 bits per heavy atom. The zero-order valence-corrected chi connectivity index (χ0v) is 11.7. The fourth-order valence-electron chi connectivity index (χ4n) is 1.98. The molecule has 0 aliphatic carbocycles. The normalized spacial score (nSPS) is 12.4. The topological polar surface area (TPSA) is 50.9 Å². The number of nitrogens with two attached hydrogens (primary N) is 1. The van der Waals surface area contributed by atoms with Crippen molar-refractivity contribution in [3.05, 3.63) is 53.9 Å². The van der Waals surface area contributed by atoms with Crippen LogP contribution in [-0.2, 0) is 0 Å². The van der Waals surface area contributed by atoms with E-state index in [-0.39, 0.29) is 6.04 Å². The largest absolute Gasteiger partial charge is 0.396 e. The molecule has 1 aromatic carbocycles. The molecule has 100 valence electrons. The zero-order chi connectivity index (χ0) is 13.8. The predicted octanol–water partition coefficient (Wildman–Crippen LogP) is 3.96. The minimum absolute atomic E-state index is 0.214. The molecule has 2 aromatic rings. The van der Waals surface area contributed by atoms with Gasteiger partial charge in [0.25, 0.3) is 0 Å². The summed E-state index contributed by atoms with van der Waals surface area (Å²) in [6, 6.07) is 12.6. The number of nitrogens with zero attached hydrogens (tertiary/aromatic N) is 1. The first-order chi connectivity index (χ1) is 9.08. The number of nitrogen functional groups attached to an aromatic ring is 1. The molecule has 3 heteroatoms. The second kappa shape index (κ2) is 5.74. The molecule has 0 radical (unpaired) electrons. The van der Waals surface area contributed by atoms with Crippen LogP contribution in [0.1, 0.15) is 44.0 Å². The third-order valence-electron chi connectivity index (χ3n) is 3.22. The van der Waals surface area contributed by atoms with Gasteiger partial charge in [0.1, 0.15) is 0 Å². The number of pyridine rings is 1. The van der Waals surface area contributed by atoms with E-state index >= 15 is 0 Å². The van der Waals surface area contributed by atoms with Crippen molar-refractivity contribution in [2.45, 2.75) is 32.7 Å². The SMILES string of the molecule is CC(C)c1cc(NC(C)c2ccccc2)c(N)cn1. The molecule has 1 atom stereocenters. The standard InChI is InChI=1S/C16H21N3/c1-11(2)15-9-16(14(17)10-18-15)19-12(3)13-7-5-4-6-8-13/h4-12H,17H2,1-3H3,(H,18,19). The van der Waals surface area contributed by atoms with E-state index in [2.05, 4.69) is 43.2 Å². The summed E-state index contributed by atoms with van der Waals surface area (Å²) in [5, 5.41) is 3.46. The van der Waals surface area contributed by atoms with Crippen LogP contribution in [0, 0.1) is 0 Å². The number of nitrogens with one attached hydrogen (secondary N) is 1. The van der Waals surface area contributed by atoms with Crippen LogP contribution in [0.15, 0.2) is 42.6 Å². The fourth-order valence-corrected chi connectivity index (χ4v) is 1.98. The van der Waals surface area contributed by atoms with Crippen LogP contribution < -0.4 is 11.1 Å². The molecule has 0 aliphatic heterocycles. The zero-order valence-electron chi connectivity index (χ0n) is 11.7. The lowest BCUT2D eigenvalue weighted by atomic mass is 10.1. The van der Waals surface area contributed by atoms with E-state index in [4.69, 9.17) is 5.73 Å². The van der Waals surface area contributed by atoms with Gasteiger partial charge in [0.2, 0.25) is 0 Å². The lowest BCUT2D eigenvalue weighted by Gasteiger charge is -2.18. The molecule has 0 saturated carbocycles. The summed E-state index contributed by atoms with van der Waals surface area (Å²) in [4.78, 5) is 4.35. The van der Waals surface area contributed by atoms with E-state index in [0.717, 1.165) is 11.4 Å². The smallest absolute Gasteiger partial charge is 0.0736 e. The van der Waals surface area contributed by atoms with E-state index in [1.54, 1.807) is 6.20 Å². The third kappa shape index (κ3) is 3.25. The lowest BCUT2D eigenvalue weighted by Crippen LogP contribution is -2.09. The fraction of sp³-hybridized carbons (Fsp3) is 0.312. The van der Waals surface area contributed by atoms with E-state index < -0.39 is 0 Å². The van der Waals surface area contributed by atoms with Crippen molar-refractivity contribution < 1.29 is 0 Å². The van der Waals surface area contributed by atoms with E-state index in [1.165, 1.54) is 5.56 Å². The molecule has 0 fully saturated rings. The minimum Gasteiger partial charge on any atom is -0.396 e. The van der Waals surface area contributed by atoms with Crippen LogP contribution >= 0.6 is 0 Å². The lowest BCUT2D eigenvalue weighted by molar-refractivity contribution is 0.820. The van der Waals surface area contributed by atoms with Gasteiger partial charge in [-0.2, -0.15) is 0 Å². The third-order valence-corrected chi connectivity index (χ3v) is 3.22. The van der Waals surface area contributed by atoms with Crippen molar-refractivity contribution in [3.63, 3.8) is 0 Å². The molecule has 2 rings (SSSR count). The van der Waals surface area contributed by atoms with Crippen LogP contribution in [0.5, 0.6) is 0 Å². The molecule has 19 heavy (non-hydrogen) atoms. The maximum absolute atomic E-state index is 5.99. The van der Waals surface area contributed by atoms with Gasteiger partial charge in [-0.05, 0) is 24.5 Å². The van der Waals surface area contributed by atoms with Crippen LogP contribution in [0.2, 0.25) is 0 Å². The number of benzene rings is 1. The van der Waals surface area contributed by atoms with Crippen LogP contribution in [0.3, 0.4) is 0 Å². The Bertz CT molecular complexity index is 535. The van der Waals surface area contributed by atoms with Crippen molar-refractivity contribution in [2.24, 2.45) is 0 Å². The molecule has 0 saturated heterocycles. The highest BCUT2D eigenvalue weighted by Crippen LogP contribution is 2.26. The Morgan fingerprint density at radius 2 is 1.79 bits per heavy atom. The molecule has 0 aliphatic rings. The van der Waals surface area contributed by atoms with Crippen LogP contribution in [0.25, 0.3) is 0 Å². The first kappa shape index (κ1) is 13.4. The van der Waals surface area contributed by atoms with E-state index in [0.29, 0.717) is 11.6 Å². The Kier molecular flexibility index (Phi) is 4.05. The van der Waals surface area contributed by atoms with Gasteiger partial charge in [-0.15, -0.1) is 0 Å². The van der Waals surface area contributed by atoms with Gasteiger partial charge in [-0.3, -0.25) is 4.98 Å². The highest BCUT2D eigenvalue weighted by molar-refractivity contribution is 5.66. The molecule has 0 bridgehead atoms. The Morgan fingerprint density at radius 3 is 2.42 bits per heavy atom. The van der Waals surface area contributed by atoms with Gasteiger partial charge < -0.3 is 11.1 Å². The van der Waals surface area contributed by atoms with Gasteiger partial charge in [0, 0.05) is 11.7 Å². The summed E-state index contributed by atoms with van der Waals surface area (Å²) >= 11 is 0.